The molecule has 0 N–H and O–H groups in total. The van der Waals surface area contributed by atoms with E-state index in [9.17, 15) is 0 Å². The van der Waals surface area contributed by atoms with Crippen LogP contribution in [0.5, 0.6) is 0 Å². The molecule has 0 aromatic carbocycles. The van der Waals surface area contributed by atoms with E-state index in [-0.39, 0.29) is 0 Å². The van der Waals surface area contributed by atoms with Gasteiger partial charge in [-0.1, -0.05) is 20.8 Å². The van der Waals surface area contributed by atoms with E-state index in [0.29, 0.717) is 0 Å². The van der Waals surface area contributed by atoms with Gasteiger partial charge in [0.2, 0.25) is 0 Å². The van der Waals surface area contributed by atoms with Gasteiger partial charge in [0.15, 0.2) is 0 Å². The van der Waals surface area contributed by atoms with Crippen LogP contribution >= 0.6 is 0 Å². The molecule has 3 fully saturated rings. The highest BCUT2D eigenvalue weighted by atomic mass is 14.7. The van der Waals surface area contributed by atoms with Crippen LogP contribution in [0.1, 0.15) is 40.0 Å². The first-order valence-corrected chi connectivity index (χ1v) is 5.65. The van der Waals surface area contributed by atoms with Crippen molar-refractivity contribution in [1.82, 2.24) is 0 Å². The number of hydrogen-bond acceptors (Lipinski definition) is 0. The van der Waals surface area contributed by atoms with Gasteiger partial charge in [-0.3, -0.25) is 0 Å². The lowest BCUT2D eigenvalue weighted by molar-refractivity contribution is 0.135. The zero-order valence-electron chi connectivity index (χ0n) is 8.51. The molecular formula is C12H20. The molecule has 0 aliphatic heterocycles. The van der Waals surface area contributed by atoms with E-state index in [0.717, 1.165) is 35.0 Å². The third-order valence-electron chi connectivity index (χ3n) is 5.63. The summed E-state index contributed by atoms with van der Waals surface area (Å²) >= 11 is 0. The van der Waals surface area contributed by atoms with Crippen LogP contribution in [0.3, 0.4) is 0 Å². The quantitative estimate of drug-likeness (QED) is 0.515. The van der Waals surface area contributed by atoms with Crippen LogP contribution in [0.2, 0.25) is 0 Å². The molecule has 3 saturated carbocycles. The molecule has 0 nitrogen and oxygen atoms in total. The fourth-order valence-electron chi connectivity index (χ4n) is 4.55. The molecule has 68 valence electrons. The molecule has 0 heteroatoms. The smallest absolute Gasteiger partial charge is 0.0232 e. The molecule has 0 radical (unpaired) electrons. The van der Waals surface area contributed by atoms with Crippen LogP contribution in [0.25, 0.3) is 0 Å². The van der Waals surface area contributed by atoms with Gasteiger partial charge in [0, 0.05) is 0 Å². The molecule has 0 amide bonds. The molecule has 0 heterocycles. The van der Waals surface area contributed by atoms with Gasteiger partial charge in [-0.15, -0.1) is 0 Å². The van der Waals surface area contributed by atoms with E-state index < -0.39 is 0 Å². The Morgan fingerprint density at radius 1 is 1.08 bits per heavy atom. The third kappa shape index (κ3) is 0.625. The van der Waals surface area contributed by atoms with E-state index in [2.05, 4.69) is 20.8 Å². The van der Waals surface area contributed by atoms with E-state index in [4.69, 9.17) is 0 Å². The van der Waals surface area contributed by atoms with Crippen molar-refractivity contribution in [3.05, 3.63) is 0 Å². The van der Waals surface area contributed by atoms with Crippen LogP contribution in [0, 0.1) is 35.0 Å². The molecule has 6 atom stereocenters. The largest absolute Gasteiger partial charge is 0.0622 e. The number of rotatable bonds is 0. The number of hydrogen-bond donors (Lipinski definition) is 0. The van der Waals surface area contributed by atoms with Crippen molar-refractivity contribution in [2.24, 2.45) is 35.0 Å². The standard InChI is InChI=1S/C12H20/c1-7-4-10-5-12(9(7)3)6-11(12)8(10)2/h7-11H,4-6H2,1-3H3. The Kier molecular flexibility index (Phi) is 1.18. The van der Waals surface area contributed by atoms with E-state index in [1.807, 2.05) is 0 Å². The van der Waals surface area contributed by atoms with Crippen molar-refractivity contribution in [2.45, 2.75) is 40.0 Å². The predicted octanol–water partition coefficient (Wildman–Crippen LogP) is 3.32. The van der Waals surface area contributed by atoms with Gasteiger partial charge >= 0.3 is 0 Å². The van der Waals surface area contributed by atoms with Gasteiger partial charge in [-0.25, -0.2) is 0 Å². The van der Waals surface area contributed by atoms with Crippen molar-refractivity contribution in [2.75, 3.05) is 0 Å². The zero-order chi connectivity index (χ0) is 8.51. The van der Waals surface area contributed by atoms with Crippen molar-refractivity contribution in [3.63, 3.8) is 0 Å². The van der Waals surface area contributed by atoms with Gasteiger partial charge < -0.3 is 0 Å². The van der Waals surface area contributed by atoms with Crippen molar-refractivity contribution in [3.8, 4) is 0 Å². The molecule has 2 bridgehead atoms. The summed E-state index contributed by atoms with van der Waals surface area (Å²) in [5.41, 5.74) is 0.863. The molecular weight excluding hydrogens is 144 g/mol. The van der Waals surface area contributed by atoms with Gasteiger partial charge in [0.25, 0.3) is 0 Å². The van der Waals surface area contributed by atoms with Crippen LogP contribution < -0.4 is 0 Å². The first kappa shape index (κ1) is 7.41. The van der Waals surface area contributed by atoms with Gasteiger partial charge in [0.1, 0.15) is 0 Å². The predicted molar refractivity (Wildman–Crippen MR) is 50.8 cm³/mol. The summed E-state index contributed by atoms with van der Waals surface area (Å²) in [5, 5.41) is 0. The monoisotopic (exact) mass is 164 g/mol. The summed E-state index contributed by atoms with van der Waals surface area (Å²) < 4.78 is 0. The highest BCUT2D eigenvalue weighted by Gasteiger charge is 2.68. The van der Waals surface area contributed by atoms with Crippen molar-refractivity contribution >= 4 is 0 Å². The summed E-state index contributed by atoms with van der Waals surface area (Å²) in [5.74, 6) is 5.36. The van der Waals surface area contributed by atoms with Crippen LogP contribution in [0.4, 0.5) is 0 Å². The minimum absolute atomic E-state index is 0.863. The van der Waals surface area contributed by atoms with Crippen LogP contribution in [0.15, 0.2) is 0 Å². The molecule has 0 saturated heterocycles. The maximum absolute atomic E-state index is 2.51. The molecule has 3 aliphatic rings. The van der Waals surface area contributed by atoms with Gasteiger partial charge in [-0.2, -0.15) is 0 Å². The highest BCUT2D eigenvalue weighted by molar-refractivity contribution is 5.17. The summed E-state index contributed by atoms with van der Waals surface area (Å²) in [4.78, 5) is 0. The first-order chi connectivity index (χ1) is 5.65. The van der Waals surface area contributed by atoms with Crippen molar-refractivity contribution in [1.29, 1.82) is 0 Å². The van der Waals surface area contributed by atoms with E-state index in [1.165, 1.54) is 6.42 Å². The molecule has 0 aromatic rings. The van der Waals surface area contributed by atoms with Gasteiger partial charge in [-0.05, 0) is 54.3 Å². The Morgan fingerprint density at radius 2 is 1.83 bits per heavy atom. The Balaban J connectivity index is 1.96. The fraction of sp³-hybridized carbons (Fsp3) is 1.00. The Bertz CT molecular complexity index is 218. The summed E-state index contributed by atoms with van der Waals surface area (Å²) in [6.45, 7) is 7.50. The Labute approximate surface area is 75.7 Å². The van der Waals surface area contributed by atoms with E-state index in [1.54, 1.807) is 12.8 Å². The Hall–Kier alpha value is 0. The molecule has 3 aliphatic carbocycles. The fourth-order valence-corrected chi connectivity index (χ4v) is 4.55. The van der Waals surface area contributed by atoms with Gasteiger partial charge in [0.05, 0.1) is 0 Å². The lowest BCUT2D eigenvalue weighted by atomic mass is 9.69. The average molecular weight is 164 g/mol. The highest BCUT2D eigenvalue weighted by Crippen LogP contribution is 2.75. The maximum Gasteiger partial charge on any atom is -0.0232 e. The molecule has 1 spiro atoms. The molecule has 12 heavy (non-hydrogen) atoms. The maximum atomic E-state index is 2.51. The van der Waals surface area contributed by atoms with Crippen molar-refractivity contribution < 1.29 is 0 Å². The summed E-state index contributed by atoms with van der Waals surface area (Å²) in [6, 6.07) is 0. The van der Waals surface area contributed by atoms with Crippen LogP contribution in [-0.2, 0) is 0 Å². The zero-order valence-corrected chi connectivity index (χ0v) is 8.51. The molecule has 0 aromatic heterocycles. The second kappa shape index (κ2) is 1.91. The second-order valence-electron chi connectivity index (χ2n) is 5.87. The SMILES string of the molecule is CC1CC2CC3(CC3C2C)C1C. The second-order valence-corrected chi connectivity index (χ2v) is 5.87. The van der Waals surface area contributed by atoms with Crippen LogP contribution in [-0.4, -0.2) is 0 Å². The van der Waals surface area contributed by atoms with E-state index >= 15 is 0 Å². The minimum Gasteiger partial charge on any atom is -0.0622 e. The average Bonchev–Trinajstić information content (AvgIpc) is 2.69. The molecule has 6 unspecified atom stereocenters. The first-order valence-electron chi connectivity index (χ1n) is 5.65. The number of fused-ring (bicyclic) bond motifs is 1. The molecule has 3 rings (SSSR count). The summed E-state index contributed by atoms with van der Waals surface area (Å²) in [6.07, 6.45) is 4.70. The normalized spacial score (nSPS) is 67.8. The topological polar surface area (TPSA) is 0 Å². The summed E-state index contributed by atoms with van der Waals surface area (Å²) in [7, 11) is 0. The minimum atomic E-state index is 0.863. The lowest BCUT2D eigenvalue weighted by Gasteiger charge is -2.36. The lowest BCUT2D eigenvalue weighted by Crippen LogP contribution is -2.28. The third-order valence-corrected chi connectivity index (χ3v) is 5.63. The Morgan fingerprint density at radius 3 is 2.58 bits per heavy atom.